The van der Waals surface area contributed by atoms with E-state index in [2.05, 4.69) is 55.7 Å². The van der Waals surface area contributed by atoms with Crippen LogP contribution in [0.3, 0.4) is 0 Å². The fourth-order valence-corrected chi connectivity index (χ4v) is 5.25. The van der Waals surface area contributed by atoms with Gasteiger partial charge >= 0.3 is 5.97 Å². The summed E-state index contributed by atoms with van der Waals surface area (Å²) in [6.07, 6.45) is 5.82. The van der Waals surface area contributed by atoms with E-state index < -0.39 is 35.7 Å². The fraction of sp³-hybridized carbons (Fsp3) is 0.484. The monoisotopic (exact) mass is 542 g/mol. The van der Waals surface area contributed by atoms with E-state index in [-0.39, 0.29) is 30.3 Å². The molecule has 2 aromatic carbocycles. The molecule has 212 valence electrons. The summed E-state index contributed by atoms with van der Waals surface area (Å²) < 4.78 is 27.7. The van der Waals surface area contributed by atoms with Crippen molar-refractivity contribution in [2.45, 2.75) is 88.8 Å². The number of aliphatic hydroxyl groups is 1. The second-order valence-electron chi connectivity index (χ2n) is 11.5. The van der Waals surface area contributed by atoms with Crippen LogP contribution in [0.25, 0.3) is 0 Å². The standard InChI is InChI=1S/C31H40F2N2O4/c1-30(2,3)22-9-7-10-23(18-22)31(13-5-4-6-14-31)34-20-27(36)26(35-28(37)11-8-12-29(38)39)17-21-15-24(32)19-25(33)16-21/h7-10,12,15-16,18-19,26-27,34,36H,4-6,11,13-14,17,20H2,1-3H3,(H,35,37)(H,38,39). The van der Waals surface area contributed by atoms with Gasteiger partial charge in [-0.15, -0.1) is 0 Å². The lowest BCUT2D eigenvalue weighted by Gasteiger charge is -2.41. The number of benzene rings is 2. The van der Waals surface area contributed by atoms with Gasteiger partial charge in [0.25, 0.3) is 0 Å². The molecule has 0 aromatic heterocycles. The molecule has 2 aromatic rings. The Morgan fingerprint density at radius 3 is 2.33 bits per heavy atom. The first-order chi connectivity index (χ1) is 18.4. The average Bonchev–Trinajstić information content (AvgIpc) is 2.86. The summed E-state index contributed by atoms with van der Waals surface area (Å²) in [6.45, 7) is 6.66. The molecule has 1 aliphatic rings. The maximum atomic E-state index is 13.9. The Morgan fingerprint density at radius 2 is 1.72 bits per heavy atom. The molecule has 6 nitrogen and oxygen atoms in total. The van der Waals surface area contributed by atoms with Crippen LogP contribution >= 0.6 is 0 Å². The van der Waals surface area contributed by atoms with Gasteiger partial charge in [-0.2, -0.15) is 0 Å². The van der Waals surface area contributed by atoms with Crippen LogP contribution in [0.5, 0.6) is 0 Å². The molecule has 39 heavy (non-hydrogen) atoms. The predicted octanol–water partition coefficient (Wildman–Crippen LogP) is 5.13. The van der Waals surface area contributed by atoms with Crippen molar-refractivity contribution in [3.8, 4) is 0 Å². The zero-order valence-corrected chi connectivity index (χ0v) is 23.0. The molecule has 1 aliphatic carbocycles. The summed E-state index contributed by atoms with van der Waals surface area (Å²) in [5, 5.41) is 26.4. The first-order valence-electron chi connectivity index (χ1n) is 13.6. The van der Waals surface area contributed by atoms with Crippen LogP contribution in [-0.2, 0) is 27.0 Å². The minimum atomic E-state index is -1.17. The highest BCUT2D eigenvalue weighted by atomic mass is 19.1. The number of aliphatic carboxylic acids is 1. The number of hydrogen-bond donors (Lipinski definition) is 4. The highest BCUT2D eigenvalue weighted by molar-refractivity contribution is 5.82. The Kier molecular flexibility index (Phi) is 10.4. The van der Waals surface area contributed by atoms with E-state index in [4.69, 9.17) is 5.11 Å². The lowest BCUT2D eigenvalue weighted by Crippen LogP contribution is -2.53. The van der Waals surface area contributed by atoms with Crippen LogP contribution in [0.1, 0.15) is 76.0 Å². The van der Waals surface area contributed by atoms with Crippen molar-refractivity contribution in [1.82, 2.24) is 10.6 Å². The molecule has 8 heteroatoms. The minimum absolute atomic E-state index is 0.00157. The minimum Gasteiger partial charge on any atom is -0.478 e. The second kappa shape index (κ2) is 13.3. The van der Waals surface area contributed by atoms with Gasteiger partial charge in [0.05, 0.1) is 12.1 Å². The van der Waals surface area contributed by atoms with Crippen molar-refractivity contribution in [3.05, 3.63) is 82.9 Å². The summed E-state index contributed by atoms with van der Waals surface area (Å²) in [6, 6.07) is 10.8. The van der Waals surface area contributed by atoms with E-state index in [0.717, 1.165) is 49.8 Å². The maximum absolute atomic E-state index is 13.9. The van der Waals surface area contributed by atoms with Gasteiger partial charge in [0, 0.05) is 30.6 Å². The molecular formula is C31H40F2N2O4. The first-order valence-corrected chi connectivity index (χ1v) is 13.6. The third kappa shape index (κ3) is 8.97. The van der Waals surface area contributed by atoms with Crippen molar-refractivity contribution >= 4 is 11.9 Å². The molecule has 0 heterocycles. The molecule has 1 amide bonds. The van der Waals surface area contributed by atoms with E-state index in [1.54, 1.807) is 0 Å². The summed E-state index contributed by atoms with van der Waals surface area (Å²) in [5.74, 6) is -3.16. The number of amides is 1. The number of aliphatic hydroxyl groups excluding tert-OH is 1. The molecular weight excluding hydrogens is 502 g/mol. The molecule has 0 spiro atoms. The summed E-state index contributed by atoms with van der Waals surface area (Å²) in [4.78, 5) is 23.3. The molecule has 0 bridgehead atoms. The van der Waals surface area contributed by atoms with Crippen molar-refractivity contribution in [3.63, 3.8) is 0 Å². The number of carboxylic acids is 1. The Hall–Kier alpha value is -3.10. The highest BCUT2D eigenvalue weighted by Crippen LogP contribution is 2.38. The zero-order valence-electron chi connectivity index (χ0n) is 23.0. The Morgan fingerprint density at radius 1 is 1.05 bits per heavy atom. The van der Waals surface area contributed by atoms with Crippen molar-refractivity contribution < 1.29 is 28.6 Å². The normalized spacial score (nSPS) is 17.1. The number of carbonyl (C=O) groups excluding carboxylic acids is 1. The molecule has 1 saturated carbocycles. The van der Waals surface area contributed by atoms with Crippen molar-refractivity contribution in [2.24, 2.45) is 0 Å². The molecule has 3 rings (SSSR count). The largest absolute Gasteiger partial charge is 0.478 e. The van der Waals surface area contributed by atoms with Crippen LogP contribution < -0.4 is 10.6 Å². The first kappa shape index (κ1) is 30.4. The topological polar surface area (TPSA) is 98.7 Å². The molecule has 0 aliphatic heterocycles. The van der Waals surface area contributed by atoms with Crippen LogP contribution in [0.2, 0.25) is 0 Å². The van der Waals surface area contributed by atoms with E-state index in [1.165, 1.54) is 23.8 Å². The van der Waals surface area contributed by atoms with Gasteiger partial charge in [-0.3, -0.25) is 4.79 Å². The maximum Gasteiger partial charge on any atom is 0.327 e. The third-order valence-electron chi connectivity index (χ3n) is 7.39. The van der Waals surface area contributed by atoms with E-state index in [1.807, 2.05) is 0 Å². The summed E-state index contributed by atoms with van der Waals surface area (Å²) in [7, 11) is 0. The van der Waals surface area contributed by atoms with E-state index in [9.17, 15) is 23.5 Å². The molecule has 2 atom stereocenters. The quantitative estimate of drug-likeness (QED) is 0.295. The Balaban J connectivity index is 1.82. The lowest BCUT2D eigenvalue weighted by atomic mass is 9.74. The van der Waals surface area contributed by atoms with Gasteiger partial charge in [0.2, 0.25) is 5.91 Å². The van der Waals surface area contributed by atoms with Crippen molar-refractivity contribution in [1.29, 1.82) is 0 Å². The van der Waals surface area contributed by atoms with Gasteiger partial charge in [-0.1, -0.05) is 70.4 Å². The molecule has 0 radical (unpaired) electrons. The smallest absolute Gasteiger partial charge is 0.327 e. The van der Waals surface area contributed by atoms with Gasteiger partial charge in [0.1, 0.15) is 11.6 Å². The molecule has 1 fully saturated rings. The average molecular weight is 543 g/mol. The number of rotatable bonds is 11. The number of carbonyl (C=O) groups is 2. The van der Waals surface area contributed by atoms with E-state index >= 15 is 0 Å². The SMILES string of the molecule is CC(C)(C)c1cccc(C2(NCC(O)C(Cc3cc(F)cc(F)c3)NC(=O)CC=CC(=O)O)CCCCC2)c1. The Bertz CT molecular complexity index is 1150. The third-order valence-corrected chi connectivity index (χ3v) is 7.39. The molecule has 0 saturated heterocycles. The van der Waals surface area contributed by atoms with Gasteiger partial charge in [0.15, 0.2) is 0 Å². The molecule has 4 N–H and O–H groups in total. The van der Waals surface area contributed by atoms with Gasteiger partial charge < -0.3 is 20.8 Å². The summed E-state index contributed by atoms with van der Waals surface area (Å²) >= 11 is 0. The van der Waals surface area contributed by atoms with Crippen LogP contribution in [0.4, 0.5) is 8.78 Å². The summed E-state index contributed by atoms with van der Waals surface area (Å²) in [5.41, 5.74) is 2.32. The molecule has 2 unspecified atom stereocenters. The van der Waals surface area contributed by atoms with Gasteiger partial charge in [-0.05, 0) is 53.5 Å². The number of halogens is 2. The predicted molar refractivity (Wildman–Crippen MR) is 147 cm³/mol. The fourth-order valence-electron chi connectivity index (χ4n) is 5.25. The number of nitrogens with one attached hydrogen (secondary N) is 2. The Labute approximate surface area is 229 Å². The highest BCUT2D eigenvalue weighted by Gasteiger charge is 2.35. The van der Waals surface area contributed by atoms with Crippen molar-refractivity contribution in [2.75, 3.05) is 6.54 Å². The van der Waals surface area contributed by atoms with Crippen LogP contribution in [-0.4, -0.2) is 40.8 Å². The zero-order chi connectivity index (χ0) is 28.6. The van der Waals surface area contributed by atoms with E-state index in [0.29, 0.717) is 5.56 Å². The van der Waals surface area contributed by atoms with Crippen LogP contribution in [0, 0.1) is 11.6 Å². The lowest BCUT2D eigenvalue weighted by molar-refractivity contribution is -0.131. The number of hydrogen-bond acceptors (Lipinski definition) is 4. The van der Waals surface area contributed by atoms with Gasteiger partial charge in [-0.25, -0.2) is 13.6 Å². The second-order valence-corrected chi connectivity index (χ2v) is 11.5. The number of carboxylic acid groups (broad SMARTS) is 1. The van der Waals surface area contributed by atoms with Crippen LogP contribution in [0.15, 0.2) is 54.6 Å².